The van der Waals surface area contributed by atoms with Crippen molar-refractivity contribution in [1.29, 1.82) is 0 Å². The third kappa shape index (κ3) is 2.32. The first-order chi connectivity index (χ1) is 7.89. The van der Waals surface area contributed by atoms with Gasteiger partial charge in [-0.05, 0) is 25.1 Å². The van der Waals surface area contributed by atoms with Crippen molar-refractivity contribution in [2.24, 2.45) is 0 Å². The zero-order valence-electron chi connectivity index (χ0n) is 9.25. The maximum Gasteiger partial charge on any atom is 0.194 e. The van der Waals surface area contributed by atoms with Crippen molar-refractivity contribution in [1.82, 2.24) is 14.8 Å². The monoisotopic (exact) mass is 271 g/mol. The summed E-state index contributed by atoms with van der Waals surface area (Å²) in [5.74, 6) is 0.418. The molecule has 5 nitrogen and oxygen atoms in total. The van der Waals surface area contributed by atoms with Crippen LogP contribution in [0.4, 0.5) is 0 Å². The van der Waals surface area contributed by atoms with Crippen molar-refractivity contribution in [2.75, 3.05) is 6.26 Å². The zero-order chi connectivity index (χ0) is 12.6. The fraction of sp³-hybridized carbons (Fsp3) is 0.200. The van der Waals surface area contributed by atoms with Gasteiger partial charge in [-0.2, -0.15) is 5.10 Å². The molecule has 0 aliphatic carbocycles. The van der Waals surface area contributed by atoms with E-state index in [2.05, 4.69) is 10.1 Å². The quantitative estimate of drug-likeness (QED) is 0.833. The largest absolute Gasteiger partial charge is 0.236 e. The lowest BCUT2D eigenvalue weighted by molar-refractivity contribution is 0.596. The van der Waals surface area contributed by atoms with Crippen LogP contribution in [0.25, 0.3) is 5.82 Å². The number of aromatic nitrogens is 3. The van der Waals surface area contributed by atoms with Crippen LogP contribution in [0.5, 0.6) is 0 Å². The van der Waals surface area contributed by atoms with E-state index in [1.54, 1.807) is 25.3 Å². The van der Waals surface area contributed by atoms with Gasteiger partial charge in [0.2, 0.25) is 0 Å². The second-order valence-corrected chi connectivity index (χ2v) is 5.99. The van der Waals surface area contributed by atoms with Gasteiger partial charge in [-0.25, -0.2) is 18.1 Å². The van der Waals surface area contributed by atoms with Crippen LogP contribution in [0, 0.1) is 6.92 Å². The highest BCUT2D eigenvalue weighted by atomic mass is 35.5. The van der Waals surface area contributed by atoms with E-state index >= 15 is 0 Å². The number of aryl methyl sites for hydroxylation is 1. The van der Waals surface area contributed by atoms with Gasteiger partial charge in [0.05, 0.1) is 5.02 Å². The van der Waals surface area contributed by atoms with Crippen molar-refractivity contribution in [3.8, 4) is 5.82 Å². The van der Waals surface area contributed by atoms with Crippen molar-refractivity contribution in [3.63, 3.8) is 0 Å². The smallest absolute Gasteiger partial charge is 0.194 e. The fourth-order valence-electron chi connectivity index (χ4n) is 1.37. The molecular formula is C10H10ClN3O2S. The van der Waals surface area contributed by atoms with Crippen molar-refractivity contribution in [3.05, 3.63) is 35.1 Å². The van der Waals surface area contributed by atoms with Crippen LogP contribution in [0.2, 0.25) is 5.02 Å². The minimum atomic E-state index is -3.33. The Hall–Kier alpha value is -1.40. The Bertz CT molecular complexity index is 664. The molecule has 0 atom stereocenters. The Morgan fingerprint density at radius 3 is 2.65 bits per heavy atom. The SMILES string of the molecule is Cc1cc(S(C)(=O)=O)nn1-c1ncccc1Cl. The molecule has 2 aromatic rings. The standard InChI is InChI=1S/C10H10ClN3O2S/c1-7-6-9(17(2,15)16)13-14(7)10-8(11)4-3-5-12-10/h3-6H,1-2H3. The summed E-state index contributed by atoms with van der Waals surface area (Å²) in [4.78, 5) is 4.08. The van der Waals surface area contributed by atoms with Crippen molar-refractivity contribution in [2.45, 2.75) is 11.9 Å². The summed E-state index contributed by atoms with van der Waals surface area (Å²) in [6.45, 7) is 1.74. The predicted octanol–water partition coefficient (Wildman–Crippen LogP) is 1.63. The van der Waals surface area contributed by atoms with E-state index in [0.717, 1.165) is 6.26 Å². The van der Waals surface area contributed by atoms with E-state index in [1.807, 2.05) is 0 Å². The number of hydrogen-bond donors (Lipinski definition) is 0. The molecule has 0 aliphatic rings. The van der Waals surface area contributed by atoms with Crippen LogP contribution in [-0.4, -0.2) is 29.4 Å². The van der Waals surface area contributed by atoms with Crippen LogP contribution in [0.1, 0.15) is 5.69 Å². The van der Waals surface area contributed by atoms with E-state index in [1.165, 1.54) is 10.7 Å². The third-order valence-corrected chi connectivity index (χ3v) is 3.44. The summed E-state index contributed by atoms with van der Waals surface area (Å²) >= 11 is 5.98. The molecule has 0 saturated carbocycles. The summed E-state index contributed by atoms with van der Waals surface area (Å²) in [6.07, 6.45) is 2.68. The summed E-state index contributed by atoms with van der Waals surface area (Å²) in [7, 11) is -3.33. The first-order valence-corrected chi connectivity index (χ1v) is 7.04. The highest BCUT2D eigenvalue weighted by Crippen LogP contribution is 2.20. The van der Waals surface area contributed by atoms with Gasteiger partial charge in [-0.1, -0.05) is 11.6 Å². The normalized spacial score (nSPS) is 11.7. The second-order valence-electron chi connectivity index (χ2n) is 3.62. The van der Waals surface area contributed by atoms with Gasteiger partial charge in [0.15, 0.2) is 20.7 Å². The molecule has 0 radical (unpaired) electrons. The molecule has 0 fully saturated rings. The van der Waals surface area contributed by atoms with Gasteiger partial charge in [-0.3, -0.25) is 0 Å². The minimum absolute atomic E-state index is 0.0109. The van der Waals surface area contributed by atoms with Crippen LogP contribution < -0.4 is 0 Å². The first-order valence-electron chi connectivity index (χ1n) is 4.77. The number of nitrogens with zero attached hydrogens (tertiary/aromatic N) is 3. The minimum Gasteiger partial charge on any atom is -0.236 e. The summed E-state index contributed by atoms with van der Waals surface area (Å²) < 4.78 is 24.2. The molecule has 0 aromatic carbocycles. The average Bonchev–Trinajstić information content (AvgIpc) is 2.61. The summed E-state index contributed by atoms with van der Waals surface area (Å²) in [5, 5.41) is 4.42. The zero-order valence-corrected chi connectivity index (χ0v) is 10.8. The number of pyridine rings is 1. The molecule has 2 rings (SSSR count). The molecule has 0 spiro atoms. The number of hydrogen-bond acceptors (Lipinski definition) is 4. The molecule has 0 bridgehead atoms. The van der Waals surface area contributed by atoms with E-state index in [0.29, 0.717) is 16.5 Å². The summed E-state index contributed by atoms with van der Waals surface area (Å²) in [5.41, 5.74) is 0.658. The maximum atomic E-state index is 11.4. The lowest BCUT2D eigenvalue weighted by Gasteiger charge is -2.04. The van der Waals surface area contributed by atoms with Gasteiger partial charge < -0.3 is 0 Å². The highest BCUT2D eigenvalue weighted by Gasteiger charge is 2.16. The Morgan fingerprint density at radius 2 is 2.12 bits per heavy atom. The molecule has 0 unspecified atom stereocenters. The molecule has 2 heterocycles. The van der Waals surface area contributed by atoms with Crippen LogP contribution >= 0.6 is 11.6 Å². The maximum absolute atomic E-state index is 11.4. The number of halogens is 1. The molecule has 7 heteroatoms. The van der Waals surface area contributed by atoms with E-state index in [9.17, 15) is 8.42 Å². The van der Waals surface area contributed by atoms with Crippen molar-refractivity contribution >= 4 is 21.4 Å². The molecule has 0 aliphatic heterocycles. The number of rotatable bonds is 2. The number of sulfone groups is 1. The van der Waals surface area contributed by atoms with E-state index < -0.39 is 9.84 Å². The molecule has 90 valence electrons. The van der Waals surface area contributed by atoms with Crippen LogP contribution in [0.15, 0.2) is 29.4 Å². The van der Waals surface area contributed by atoms with E-state index in [4.69, 9.17) is 11.6 Å². The molecule has 0 N–H and O–H groups in total. The lowest BCUT2D eigenvalue weighted by Crippen LogP contribution is -2.04. The molecular weight excluding hydrogens is 262 g/mol. The molecule has 2 aromatic heterocycles. The Labute approximate surface area is 104 Å². The van der Waals surface area contributed by atoms with Crippen LogP contribution in [0.3, 0.4) is 0 Å². The first kappa shape index (κ1) is 12.1. The molecule has 0 saturated heterocycles. The lowest BCUT2D eigenvalue weighted by atomic mass is 10.4. The van der Waals surface area contributed by atoms with Crippen LogP contribution in [-0.2, 0) is 9.84 Å². The van der Waals surface area contributed by atoms with Gasteiger partial charge in [0, 0.05) is 18.1 Å². The predicted molar refractivity (Wildman–Crippen MR) is 64.2 cm³/mol. The average molecular weight is 272 g/mol. The Morgan fingerprint density at radius 1 is 1.41 bits per heavy atom. The molecule has 0 amide bonds. The van der Waals surface area contributed by atoms with Gasteiger partial charge in [-0.15, -0.1) is 0 Å². The fourth-order valence-corrected chi connectivity index (χ4v) is 2.19. The molecule has 17 heavy (non-hydrogen) atoms. The topological polar surface area (TPSA) is 64.8 Å². The van der Waals surface area contributed by atoms with Gasteiger partial charge in [0.25, 0.3) is 0 Å². The van der Waals surface area contributed by atoms with E-state index in [-0.39, 0.29) is 5.03 Å². The third-order valence-electron chi connectivity index (χ3n) is 2.18. The summed E-state index contributed by atoms with van der Waals surface area (Å²) in [6, 6.07) is 4.85. The Balaban J connectivity index is 2.63. The second kappa shape index (κ2) is 4.12. The highest BCUT2D eigenvalue weighted by molar-refractivity contribution is 7.90. The van der Waals surface area contributed by atoms with Gasteiger partial charge >= 0.3 is 0 Å². The van der Waals surface area contributed by atoms with Gasteiger partial charge in [0.1, 0.15) is 0 Å². The van der Waals surface area contributed by atoms with Crippen molar-refractivity contribution < 1.29 is 8.42 Å². The Kier molecular flexibility index (Phi) is 2.92.